The maximum atomic E-state index is 15.6. The summed E-state index contributed by atoms with van der Waals surface area (Å²) in [5.74, 6) is -0.433. The Labute approximate surface area is 263 Å². The Balaban J connectivity index is 1.33. The molecule has 1 unspecified atom stereocenters. The zero-order valence-electron chi connectivity index (χ0n) is 25.3. The number of benzene rings is 3. The molecule has 3 aromatic carbocycles. The molecule has 0 aliphatic carbocycles. The topological polar surface area (TPSA) is 125 Å². The van der Waals surface area contributed by atoms with Crippen molar-refractivity contribution in [2.24, 2.45) is 0 Å². The Morgan fingerprint density at radius 3 is 2.83 bits per heavy atom. The van der Waals surface area contributed by atoms with Gasteiger partial charge in [0.25, 0.3) is 0 Å². The number of aryl methyl sites for hydroxylation is 2. The number of hydrogen-bond donors (Lipinski definition) is 4. The number of H-pyrrole nitrogens is 2. The first-order valence-electron chi connectivity index (χ1n) is 15.4. The van der Waals surface area contributed by atoms with Gasteiger partial charge in [-0.25, -0.2) is 18.4 Å². The van der Waals surface area contributed by atoms with Crippen LogP contribution in [0.15, 0.2) is 73.2 Å². The van der Waals surface area contributed by atoms with Crippen molar-refractivity contribution in [1.82, 2.24) is 29.9 Å². The molecule has 0 saturated carbocycles. The fourth-order valence-corrected chi connectivity index (χ4v) is 6.37. The number of rotatable bonds is 4. The summed E-state index contributed by atoms with van der Waals surface area (Å²) in [5.41, 5.74) is 4.57. The SMILES string of the molecule is CC1(c2cccc(CCC(O)O)c2)CCCCc2cn(nn2)Cc2c(c(F)cc3[nH]ccc23)Oc2ccc(F)c(c2)-c2ncc1[nH]2. The first-order valence-corrected chi connectivity index (χ1v) is 15.4. The van der Waals surface area contributed by atoms with Crippen molar-refractivity contribution in [3.8, 4) is 22.9 Å². The van der Waals surface area contributed by atoms with Gasteiger partial charge in [0.15, 0.2) is 17.9 Å². The number of halogens is 2. The summed E-state index contributed by atoms with van der Waals surface area (Å²) in [7, 11) is 0. The van der Waals surface area contributed by atoms with Gasteiger partial charge in [-0.1, -0.05) is 35.9 Å². The van der Waals surface area contributed by atoms with Gasteiger partial charge in [0.05, 0.1) is 17.8 Å². The number of ether oxygens (including phenoxy) is 1. The van der Waals surface area contributed by atoms with E-state index in [0.29, 0.717) is 29.7 Å². The molecule has 6 bridgehead atoms. The van der Waals surface area contributed by atoms with Crippen LogP contribution in [0.2, 0.25) is 0 Å². The van der Waals surface area contributed by atoms with Crippen molar-refractivity contribution in [1.29, 1.82) is 0 Å². The van der Waals surface area contributed by atoms with Crippen LogP contribution in [0.5, 0.6) is 11.5 Å². The first-order chi connectivity index (χ1) is 22.3. The van der Waals surface area contributed by atoms with E-state index in [2.05, 4.69) is 44.3 Å². The molecule has 7 rings (SSSR count). The van der Waals surface area contributed by atoms with Crippen molar-refractivity contribution in [2.75, 3.05) is 0 Å². The minimum Gasteiger partial charge on any atom is -0.454 e. The maximum absolute atomic E-state index is 15.6. The van der Waals surface area contributed by atoms with E-state index in [4.69, 9.17) is 4.74 Å². The number of aliphatic hydroxyl groups is 2. The molecule has 0 radical (unpaired) electrons. The molecule has 0 amide bonds. The summed E-state index contributed by atoms with van der Waals surface area (Å²) in [4.78, 5) is 11.1. The van der Waals surface area contributed by atoms with E-state index < -0.39 is 23.3 Å². The van der Waals surface area contributed by atoms with Crippen molar-refractivity contribution in [2.45, 2.75) is 63.7 Å². The Bertz CT molecular complexity index is 2010. The van der Waals surface area contributed by atoms with Gasteiger partial charge in [-0.05, 0) is 68.0 Å². The fraction of sp³-hybridized carbons (Fsp3) is 0.286. The molecule has 4 N–H and O–H groups in total. The maximum Gasteiger partial charge on any atom is 0.168 e. The molecule has 11 heteroatoms. The molecule has 3 aromatic heterocycles. The number of aromatic nitrogens is 6. The summed E-state index contributed by atoms with van der Waals surface area (Å²) in [6.07, 6.45) is 7.91. The van der Waals surface area contributed by atoms with Crippen LogP contribution in [-0.4, -0.2) is 46.4 Å². The molecule has 0 spiro atoms. The van der Waals surface area contributed by atoms with Crippen molar-refractivity contribution < 1.29 is 23.7 Å². The highest BCUT2D eigenvalue weighted by Gasteiger charge is 2.31. The second-order valence-corrected chi connectivity index (χ2v) is 12.2. The molecular weight excluding hydrogens is 590 g/mol. The Kier molecular flexibility index (Phi) is 7.87. The second-order valence-electron chi connectivity index (χ2n) is 12.2. The molecule has 0 saturated heterocycles. The standard InChI is InChI=1S/C35H34F2N6O3/c1-35(22-6-4-5-21(15-22)8-11-32(44)45)13-3-2-7-23-19-43(42-41-23)20-27-25-12-14-38-30(25)17-29(37)33(27)46-24-9-10-28(36)26(16-24)34-39-18-31(35)40-34/h4-6,9-10,12,14-19,32,38,44-45H,2-3,7-8,11,13,20H2,1H3,(H,39,40). The van der Waals surface area contributed by atoms with Gasteiger partial charge in [0.2, 0.25) is 0 Å². The lowest BCUT2D eigenvalue weighted by atomic mass is 9.75. The lowest BCUT2D eigenvalue weighted by Crippen LogP contribution is -2.24. The number of aliphatic hydroxyl groups excluding tert-OH is 1. The zero-order valence-corrected chi connectivity index (χ0v) is 25.3. The Morgan fingerprint density at radius 2 is 1.96 bits per heavy atom. The third-order valence-corrected chi connectivity index (χ3v) is 8.97. The molecule has 236 valence electrons. The molecule has 1 aliphatic heterocycles. The van der Waals surface area contributed by atoms with Crippen LogP contribution in [0, 0.1) is 11.6 Å². The molecule has 4 heterocycles. The first kappa shape index (κ1) is 29.8. The molecular formula is C35H34F2N6O3. The third kappa shape index (κ3) is 5.79. The quantitative estimate of drug-likeness (QED) is 0.165. The van der Waals surface area contributed by atoms with E-state index in [1.807, 2.05) is 24.4 Å². The number of nitrogens with one attached hydrogen (secondary N) is 2. The number of hydrogen-bond acceptors (Lipinski definition) is 6. The third-order valence-electron chi connectivity index (χ3n) is 8.97. The van der Waals surface area contributed by atoms with E-state index in [0.717, 1.165) is 47.2 Å². The molecule has 6 aromatic rings. The minimum absolute atomic E-state index is 0.0316. The Hall–Kier alpha value is -4.87. The van der Waals surface area contributed by atoms with Gasteiger partial charge in [0, 0.05) is 58.7 Å². The zero-order chi connectivity index (χ0) is 31.8. The van der Waals surface area contributed by atoms with Gasteiger partial charge < -0.3 is 24.9 Å². The predicted molar refractivity (Wildman–Crippen MR) is 168 cm³/mol. The van der Waals surface area contributed by atoms with Crippen LogP contribution >= 0.6 is 0 Å². The summed E-state index contributed by atoms with van der Waals surface area (Å²) in [6.45, 7) is 2.36. The highest BCUT2D eigenvalue weighted by molar-refractivity contribution is 5.85. The van der Waals surface area contributed by atoms with Gasteiger partial charge in [-0.15, -0.1) is 5.10 Å². The molecule has 46 heavy (non-hydrogen) atoms. The highest BCUT2D eigenvalue weighted by atomic mass is 19.1. The predicted octanol–water partition coefficient (Wildman–Crippen LogP) is 6.54. The molecule has 1 aliphatic rings. The summed E-state index contributed by atoms with van der Waals surface area (Å²) in [5, 5.41) is 28.4. The lowest BCUT2D eigenvalue weighted by molar-refractivity contribution is -0.0447. The average molecular weight is 625 g/mol. The van der Waals surface area contributed by atoms with Gasteiger partial charge in [-0.2, -0.15) is 0 Å². The fourth-order valence-electron chi connectivity index (χ4n) is 6.37. The van der Waals surface area contributed by atoms with Crippen LogP contribution in [0.4, 0.5) is 8.78 Å². The van der Waals surface area contributed by atoms with Gasteiger partial charge in [0.1, 0.15) is 17.4 Å². The van der Waals surface area contributed by atoms with Crippen molar-refractivity contribution >= 4 is 10.9 Å². The van der Waals surface area contributed by atoms with E-state index in [9.17, 15) is 10.2 Å². The number of nitrogens with zero attached hydrogens (tertiary/aromatic N) is 4. The van der Waals surface area contributed by atoms with E-state index in [-0.39, 0.29) is 30.0 Å². The van der Waals surface area contributed by atoms with E-state index in [1.165, 1.54) is 24.3 Å². The summed E-state index contributed by atoms with van der Waals surface area (Å²) in [6, 6.07) is 15.6. The van der Waals surface area contributed by atoms with Crippen molar-refractivity contribution in [3.63, 3.8) is 0 Å². The largest absolute Gasteiger partial charge is 0.454 e. The van der Waals surface area contributed by atoms with Gasteiger partial charge >= 0.3 is 0 Å². The number of imidazole rings is 1. The monoisotopic (exact) mass is 624 g/mol. The van der Waals surface area contributed by atoms with Gasteiger partial charge in [-0.3, -0.25) is 0 Å². The Morgan fingerprint density at radius 1 is 1.07 bits per heavy atom. The smallest absolute Gasteiger partial charge is 0.168 e. The molecule has 9 nitrogen and oxygen atoms in total. The van der Waals surface area contributed by atoms with Crippen LogP contribution in [-0.2, 0) is 24.8 Å². The summed E-state index contributed by atoms with van der Waals surface area (Å²) >= 11 is 0. The molecule has 0 fully saturated rings. The van der Waals surface area contributed by atoms with Crippen LogP contribution in [0.3, 0.4) is 0 Å². The van der Waals surface area contributed by atoms with E-state index in [1.54, 1.807) is 17.1 Å². The second kappa shape index (κ2) is 12.1. The minimum atomic E-state index is -1.38. The van der Waals surface area contributed by atoms with Crippen molar-refractivity contribution in [3.05, 3.63) is 113 Å². The van der Waals surface area contributed by atoms with Crippen LogP contribution < -0.4 is 4.74 Å². The molecule has 1 atom stereocenters. The normalized spacial score (nSPS) is 17.0. The lowest BCUT2D eigenvalue weighted by Gasteiger charge is -2.30. The summed E-state index contributed by atoms with van der Waals surface area (Å²) < 4.78 is 38.8. The number of aromatic amines is 2. The van der Waals surface area contributed by atoms with E-state index >= 15 is 8.78 Å². The van der Waals surface area contributed by atoms with Crippen LogP contribution in [0.1, 0.15) is 60.7 Å². The highest BCUT2D eigenvalue weighted by Crippen LogP contribution is 2.40. The number of fused-ring (bicyclic) bond motifs is 10. The van der Waals surface area contributed by atoms with Crippen LogP contribution in [0.25, 0.3) is 22.3 Å². The average Bonchev–Trinajstić information content (AvgIpc) is 3.82.